The van der Waals surface area contributed by atoms with Gasteiger partial charge in [0.25, 0.3) is 0 Å². The Kier molecular flexibility index (Phi) is 5.66. The zero-order valence-electron chi connectivity index (χ0n) is 15.4. The van der Waals surface area contributed by atoms with Crippen molar-refractivity contribution in [2.45, 2.75) is 33.4 Å². The fourth-order valence-corrected chi connectivity index (χ4v) is 3.40. The molecule has 136 valence electrons. The summed E-state index contributed by atoms with van der Waals surface area (Å²) in [6.07, 6.45) is 0.305. The number of likely N-dealkylation sites (tertiary alicyclic amines) is 1. The number of benzene rings is 1. The summed E-state index contributed by atoms with van der Waals surface area (Å²) in [6, 6.07) is 15.8. The average Bonchev–Trinajstić information content (AvgIpc) is 3.02. The molecule has 2 amide bonds. The van der Waals surface area contributed by atoms with E-state index in [0.29, 0.717) is 32.6 Å². The molecule has 0 bridgehead atoms. The second kappa shape index (κ2) is 8.13. The van der Waals surface area contributed by atoms with Crippen LogP contribution in [0.15, 0.2) is 48.5 Å². The Labute approximate surface area is 154 Å². The normalized spacial score (nSPS) is 16.8. The van der Waals surface area contributed by atoms with Crippen LogP contribution in [-0.4, -0.2) is 39.7 Å². The molecule has 1 atom stereocenters. The van der Waals surface area contributed by atoms with Crippen LogP contribution in [0.4, 0.5) is 0 Å². The fourth-order valence-electron chi connectivity index (χ4n) is 3.40. The molecule has 1 aliphatic rings. The minimum absolute atomic E-state index is 0.0291. The molecular weight excluding hydrogens is 326 g/mol. The van der Waals surface area contributed by atoms with Crippen LogP contribution >= 0.6 is 0 Å². The van der Waals surface area contributed by atoms with E-state index in [0.717, 1.165) is 17.0 Å². The summed E-state index contributed by atoms with van der Waals surface area (Å²) in [4.78, 5) is 33.3. The molecule has 0 N–H and O–H groups in total. The van der Waals surface area contributed by atoms with Gasteiger partial charge in [-0.1, -0.05) is 36.4 Å². The van der Waals surface area contributed by atoms with Crippen LogP contribution < -0.4 is 0 Å². The first-order valence-corrected chi connectivity index (χ1v) is 9.10. The van der Waals surface area contributed by atoms with Crippen LogP contribution in [0.25, 0.3) is 0 Å². The van der Waals surface area contributed by atoms with E-state index >= 15 is 0 Å². The summed E-state index contributed by atoms with van der Waals surface area (Å²) in [5.41, 5.74) is 2.87. The quantitative estimate of drug-likeness (QED) is 0.804. The van der Waals surface area contributed by atoms with Crippen LogP contribution in [0.1, 0.15) is 30.3 Å². The van der Waals surface area contributed by atoms with Gasteiger partial charge in [0.05, 0.1) is 18.2 Å². The molecule has 1 fully saturated rings. The lowest BCUT2D eigenvalue weighted by Crippen LogP contribution is -2.37. The van der Waals surface area contributed by atoms with Crippen molar-refractivity contribution in [3.8, 4) is 0 Å². The zero-order valence-corrected chi connectivity index (χ0v) is 15.4. The van der Waals surface area contributed by atoms with Gasteiger partial charge in [-0.2, -0.15) is 0 Å². The first-order valence-electron chi connectivity index (χ1n) is 9.10. The minimum atomic E-state index is -0.268. The molecule has 26 heavy (non-hydrogen) atoms. The first-order chi connectivity index (χ1) is 12.6. The number of hydrogen-bond donors (Lipinski definition) is 0. The van der Waals surface area contributed by atoms with Crippen molar-refractivity contribution in [1.82, 2.24) is 14.8 Å². The number of rotatable bonds is 6. The third-order valence-electron chi connectivity index (χ3n) is 4.77. The zero-order chi connectivity index (χ0) is 18.5. The van der Waals surface area contributed by atoms with Gasteiger partial charge in [0.1, 0.15) is 0 Å². The van der Waals surface area contributed by atoms with Crippen molar-refractivity contribution >= 4 is 11.8 Å². The lowest BCUT2D eigenvalue weighted by Gasteiger charge is -2.25. The number of aromatic nitrogens is 1. The standard InChI is InChI=1S/C21H25N3O2/c1-3-23-14-18(12-20(23)25)21(26)24(13-17-9-5-4-6-10-17)15-19-11-7-8-16(2)22-19/h4-11,18H,3,12-15H2,1-2H3/t18-/m0/s1. The molecule has 2 heterocycles. The maximum absolute atomic E-state index is 13.2. The van der Waals surface area contributed by atoms with Gasteiger partial charge in [0.15, 0.2) is 0 Å². The topological polar surface area (TPSA) is 53.5 Å². The van der Waals surface area contributed by atoms with E-state index in [-0.39, 0.29) is 17.7 Å². The van der Waals surface area contributed by atoms with Crippen LogP contribution in [0.2, 0.25) is 0 Å². The summed E-state index contributed by atoms with van der Waals surface area (Å²) < 4.78 is 0. The van der Waals surface area contributed by atoms with Crippen LogP contribution in [0.5, 0.6) is 0 Å². The second-order valence-electron chi connectivity index (χ2n) is 6.78. The van der Waals surface area contributed by atoms with Crippen LogP contribution in [0.3, 0.4) is 0 Å². The number of carbonyl (C=O) groups is 2. The summed E-state index contributed by atoms with van der Waals surface area (Å²) >= 11 is 0. The molecule has 1 aromatic carbocycles. The van der Waals surface area contributed by atoms with Crippen molar-refractivity contribution < 1.29 is 9.59 Å². The predicted octanol–water partition coefficient (Wildman–Crippen LogP) is 2.79. The van der Waals surface area contributed by atoms with Gasteiger partial charge in [-0.05, 0) is 31.5 Å². The molecule has 0 unspecified atom stereocenters. The largest absolute Gasteiger partial charge is 0.342 e. The molecule has 5 heteroatoms. The van der Waals surface area contributed by atoms with E-state index in [1.807, 2.05) is 67.3 Å². The highest BCUT2D eigenvalue weighted by atomic mass is 16.2. The first kappa shape index (κ1) is 18.1. The van der Waals surface area contributed by atoms with Crippen molar-refractivity contribution in [2.24, 2.45) is 5.92 Å². The van der Waals surface area contributed by atoms with E-state index in [2.05, 4.69) is 4.98 Å². The highest BCUT2D eigenvalue weighted by Gasteiger charge is 2.35. The summed E-state index contributed by atoms with van der Waals surface area (Å²) in [7, 11) is 0. The fraction of sp³-hybridized carbons (Fsp3) is 0.381. The number of aryl methyl sites for hydroxylation is 1. The van der Waals surface area contributed by atoms with Gasteiger partial charge in [0, 0.05) is 31.7 Å². The monoisotopic (exact) mass is 351 g/mol. The number of nitrogens with zero attached hydrogens (tertiary/aromatic N) is 3. The Balaban J connectivity index is 1.80. The third-order valence-corrected chi connectivity index (χ3v) is 4.77. The van der Waals surface area contributed by atoms with E-state index in [1.165, 1.54) is 0 Å². The molecule has 3 rings (SSSR count). The van der Waals surface area contributed by atoms with E-state index in [4.69, 9.17) is 0 Å². The van der Waals surface area contributed by atoms with Gasteiger partial charge in [0.2, 0.25) is 11.8 Å². The third kappa shape index (κ3) is 4.28. The summed E-state index contributed by atoms with van der Waals surface area (Å²) in [5.74, 6) is -0.170. The smallest absolute Gasteiger partial charge is 0.228 e. The molecular formula is C21H25N3O2. The van der Waals surface area contributed by atoms with Gasteiger partial charge >= 0.3 is 0 Å². The molecule has 1 saturated heterocycles. The molecule has 1 aromatic heterocycles. The minimum Gasteiger partial charge on any atom is -0.342 e. The molecule has 0 aliphatic carbocycles. The molecule has 1 aliphatic heterocycles. The van der Waals surface area contributed by atoms with Gasteiger partial charge in [-0.25, -0.2) is 0 Å². The van der Waals surface area contributed by atoms with Crippen LogP contribution in [0, 0.1) is 12.8 Å². The van der Waals surface area contributed by atoms with E-state index in [1.54, 1.807) is 4.90 Å². The number of pyridine rings is 1. The number of carbonyl (C=O) groups excluding carboxylic acids is 2. The Bertz CT molecular complexity index is 776. The molecule has 2 aromatic rings. The molecule has 0 saturated carbocycles. The average molecular weight is 351 g/mol. The van der Waals surface area contributed by atoms with Crippen LogP contribution in [-0.2, 0) is 22.7 Å². The maximum Gasteiger partial charge on any atom is 0.228 e. The van der Waals surface area contributed by atoms with E-state index in [9.17, 15) is 9.59 Å². The number of hydrogen-bond acceptors (Lipinski definition) is 3. The van der Waals surface area contributed by atoms with Crippen molar-refractivity contribution in [3.05, 3.63) is 65.5 Å². The highest BCUT2D eigenvalue weighted by Crippen LogP contribution is 2.22. The molecule has 0 spiro atoms. The second-order valence-corrected chi connectivity index (χ2v) is 6.78. The lowest BCUT2D eigenvalue weighted by molar-refractivity contribution is -0.137. The van der Waals surface area contributed by atoms with Crippen molar-refractivity contribution in [1.29, 1.82) is 0 Å². The Morgan fingerprint density at radius 1 is 1.15 bits per heavy atom. The predicted molar refractivity (Wildman–Crippen MR) is 100 cm³/mol. The van der Waals surface area contributed by atoms with Gasteiger partial charge in [-0.3, -0.25) is 14.6 Å². The lowest BCUT2D eigenvalue weighted by atomic mass is 10.1. The SMILES string of the molecule is CCN1C[C@@H](C(=O)N(Cc2ccccc2)Cc2cccc(C)n2)CC1=O. The maximum atomic E-state index is 13.2. The summed E-state index contributed by atoms with van der Waals surface area (Å²) in [5, 5.41) is 0. The Hall–Kier alpha value is -2.69. The van der Waals surface area contributed by atoms with Gasteiger partial charge in [-0.15, -0.1) is 0 Å². The van der Waals surface area contributed by atoms with E-state index < -0.39 is 0 Å². The Morgan fingerprint density at radius 2 is 1.92 bits per heavy atom. The van der Waals surface area contributed by atoms with Gasteiger partial charge < -0.3 is 9.80 Å². The summed E-state index contributed by atoms with van der Waals surface area (Å²) in [6.45, 7) is 6.03. The number of amides is 2. The Morgan fingerprint density at radius 3 is 2.58 bits per heavy atom. The molecule has 0 radical (unpaired) electrons. The molecule has 5 nitrogen and oxygen atoms in total. The van der Waals surface area contributed by atoms with Crippen molar-refractivity contribution in [2.75, 3.05) is 13.1 Å². The highest BCUT2D eigenvalue weighted by molar-refractivity contribution is 5.89. The van der Waals surface area contributed by atoms with Crippen molar-refractivity contribution in [3.63, 3.8) is 0 Å².